The van der Waals surface area contributed by atoms with Gasteiger partial charge in [-0.05, 0) is 69.0 Å². The maximum atomic E-state index is 14.1. The van der Waals surface area contributed by atoms with Gasteiger partial charge in [-0.1, -0.05) is 60.9 Å². The number of nitrogens with one attached hydrogen (secondary N) is 1. The number of aryl methyl sites for hydroxylation is 2. The maximum Gasteiger partial charge on any atom is 0.264 e. The molecule has 0 saturated heterocycles. The summed E-state index contributed by atoms with van der Waals surface area (Å²) in [6, 6.07) is 20.1. The van der Waals surface area contributed by atoms with Crippen LogP contribution in [-0.4, -0.2) is 50.9 Å². The van der Waals surface area contributed by atoms with E-state index in [-0.39, 0.29) is 29.1 Å². The van der Waals surface area contributed by atoms with Crippen LogP contribution in [0.2, 0.25) is 0 Å². The Labute approximate surface area is 243 Å². The third kappa shape index (κ3) is 7.27. The van der Waals surface area contributed by atoms with Crippen molar-refractivity contribution in [3.05, 3.63) is 89.5 Å². The van der Waals surface area contributed by atoms with E-state index in [1.54, 1.807) is 43.3 Å². The summed E-state index contributed by atoms with van der Waals surface area (Å²) >= 11 is 0. The molecule has 1 N–H and O–H groups in total. The molecule has 0 bridgehead atoms. The summed E-state index contributed by atoms with van der Waals surface area (Å²) in [4.78, 5) is 29.0. The van der Waals surface area contributed by atoms with Gasteiger partial charge in [0.1, 0.15) is 18.3 Å². The average Bonchev–Trinajstić information content (AvgIpc) is 3.48. The van der Waals surface area contributed by atoms with Crippen molar-refractivity contribution < 1.29 is 22.7 Å². The lowest BCUT2D eigenvalue weighted by atomic mass is 10.1. The lowest BCUT2D eigenvalue weighted by molar-refractivity contribution is -0.139. The molecule has 0 radical (unpaired) electrons. The first-order valence-corrected chi connectivity index (χ1v) is 15.4. The van der Waals surface area contributed by atoms with Crippen LogP contribution in [0.1, 0.15) is 49.3 Å². The van der Waals surface area contributed by atoms with Crippen molar-refractivity contribution in [1.29, 1.82) is 0 Å². The zero-order chi connectivity index (χ0) is 29.6. The monoisotopic (exact) mass is 577 g/mol. The average molecular weight is 578 g/mol. The second-order valence-electron chi connectivity index (χ2n) is 10.6. The number of amides is 2. The third-order valence-corrected chi connectivity index (χ3v) is 9.49. The number of anilines is 1. The van der Waals surface area contributed by atoms with E-state index in [2.05, 4.69) is 5.32 Å². The molecule has 41 heavy (non-hydrogen) atoms. The predicted octanol–water partition coefficient (Wildman–Crippen LogP) is 4.98. The Bertz CT molecular complexity index is 1470. The SMILES string of the molecule is COc1cccc(N(CC(=O)N(Cc2ccccc2C)C(C)C(=O)NC2CCCC2)S(=O)(=O)c2ccc(C)cc2)c1. The minimum absolute atomic E-state index is 0.0659. The fourth-order valence-corrected chi connectivity index (χ4v) is 6.48. The van der Waals surface area contributed by atoms with E-state index in [9.17, 15) is 18.0 Å². The van der Waals surface area contributed by atoms with E-state index in [0.29, 0.717) is 5.75 Å². The molecule has 1 aliphatic rings. The van der Waals surface area contributed by atoms with Gasteiger partial charge >= 0.3 is 0 Å². The molecule has 0 aromatic heterocycles. The summed E-state index contributed by atoms with van der Waals surface area (Å²) in [5.74, 6) is -0.269. The standard InChI is InChI=1S/C32H39N3O5S/c1-23-16-18-30(19-17-23)41(38,39)35(28-14-9-15-29(20-28)40-4)22-31(36)34(21-26-11-6-5-10-24(26)2)25(3)32(37)33-27-12-7-8-13-27/h5-6,9-11,14-20,25,27H,7-8,12-13,21-22H2,1-4H3,(H,33,37). The molecular weight excluding hydrogens is 538 g/mol. The molecule has 3 aromatic rings. The molecule has 0 spiro atoms. The number of carbonyl (C=O) groups excluding carboxylic acids is 2. The largest absolute Gasteiger partial charge is 0.497 e. The van der Waals surface area contributed by atoms with Crippen LogP contribution in [0.15, 0.2) is 77.7 Å². The summed E-state index contributed by atoms with van der Waals surface area (Å²) in [7, 11) is -2.64. The Balaban J connectivity index is 1.71. The Morgan fingerprint density at radius 3 is 2.32 bits per heavy atom. The zero-order valence-corrected chi connectivity index (χ0v) is 25.0. The first-order valence-electron chi connectivity index (χ1n) is 14.0. The van der Waals surface area contributed by atoms with Gasteiger partial charge in [0.15, 0.2) is 0 Å². The van der Waals surface area contributed by atoms with E-state index < -0.39 is 28.5 Å². The van der Waals surface area contributed by atoms with Crippen LogP contribution in [0.3, 0.4) is 0 Å². The van der Waals surface area contributed by atoms with E-state index in [0.717, 1.165) is 46.7 Å². The molecule has 4 rings (SSSR count). The van der Waals surface area contributed by atoms with Crippen molar-refractivity contribution in [1.82, 2.24) is 10.2 Å². The van der Waals surface area contributed by atoms with Crippen molar-refractivity contribution in [3.8, 4) is 5.75 Å². The quantitative estimate of drug-likeness (QED) is 0.347. The zero-order valence-electron chi connectivity index (χ0n) is 24.2. The molecule has 0 heterocycles. The Morgan fingerprint density at radius 1 is 0.976 bits per heavy atom. The minimum atomic E-state index is -4.14. The van der Waals surface area contributed by atoms with E-state index in [4.69, 9.17) is 4.74 Å². The fourth-order valence-electron chi connectivity index (χ4n) is 5.08. The predicted molar refractivity (Wildman–Crippen MR) is 160 cm³/mol. The van der Waals surface area contributed by atoms with Crippen molar-refractivity contribution in [2.45, 2.75) is 70.0 Å². The summed E-state index contributed by atoms with van der Waals surface area (Å²) in [6.07, 6.45) is 3.97. The highest BCUT2D eigenvalue weighted by Gasteiger charge is 2.33. The molecule has 9 heteroatoms. The molecule has 3 aromatic carbocycles. The summed E-state index contributed by atoms with van der Waals surface area (Å²) in [5, 5.41) is 3.09. The lowest BCUT2D eigenvalue weighted by Gasteiger charge is -2.33. The first-order chi connectivity index (χ1) is 19.6. The van der Waals surface area contributed by atoms with Crippen molar-refractivity contribution >= 4 is 27.5 Å². The summed E-state index contributed by atoms with van der Waals surface area (Å²) in [5.41, 5.74) is 3.07. The summed E-state index contributed by atoms with van der Waals surface area (Å²) in [6.45, 7) is 5.20. The smallest absolute Gasteiger partial charge is 0.264 e. The molecule has 1 aliphatic carbocycles. The molecule has 1 fully saturated rings. The van der Waals surface area contributed by atoms with Gasteiger partial charge in [-0.15, -0.1) is 0 Å². The topological polar surface area (TPSA) is 96.0 Å². The third-order valence-electron chi connectivity index (χ3n) is 7.70. The molecule has 1 atom stereocenters. The number of sulfonamides is 1. The maximum absolute atomic E-state index is 14.1. The number of benzene rings is 3. The lowest BCUT2D eigenvalue weighted by Crippen LogP contribution is -2.52. The number of rotatable bonds is 11. The highest BCUT2D eigenvalue weighted by atomic mass is 32.2. The molecular formula is C32H39N3O5S. The van der Waals surface area contributed by atoms with Gasteiger partial charge in [-0.25, -0.2) is 8.42 Å². The number of hydrogen-bond acceptors (Lipinski definition) is 5. The van der Waals surface area contributed by atoms with Gasteiger partial charge in [-0.2, -0.15) is 0 Å². The number of hydrogen-bond donors (Lipinski definition) is 1. The van der Waals surface area contributed by atoms with Gasteiger partial charge in [0.25, 0.3) is 10.0 Å². The van der Waals surface area contributed by atoms with Crippen LogP contribution >= 0.6 is 0 Å². The van der Waals surface area contributed by atoms with Crippen LogP contribution in [0.25, 0.3) is 0 Å². The van der Waals surface area contributed by atoms with Crippen LogP contribution in [0.5, 0.6) is 5.75 Å². The van der Waals surface area contributed by atoms with Crippen LogP contribution in [0, 0.1) is 13.8 Å². The van der Waals surface area contributed by atoms with Crippen LogP contribution in [-0.2, 0) is 26.2 Å². The number of carbonyl (C=O) groups is 2. The molecule has 1 unspecified atom stereocenters. The second kappa shape index (κ2) is 13.2. The van der Waals surface area contributed by atoms with Gasteiger partial charge in [-0.3, -0.25) is 13.9 Å². The number of methoxy groups -OCH3 is 1. The summed E-state index contributed by atoms with van der Waals surface area (Å²) < 4.78 is 34.4. The second-order valence-corrected chi connectivity index (χ2v) is 12.5. The van der Waals surface area contributed by atoms with Crippen LogP contribution < -0.4 is 14.4 Å². The van der Waals surface area contributed by atoms with Gasteiger partial charge in [0.05, 0.1) is 17.7 Å². The highest BCUT2D eigenvalue weighted by Crippen LogP contribution is 2.28. The number of ether oxygens (including phenoxy) is 1. The van der Waals surface area contributed by atoms with Gasteiger partial charge in [0, 0.05) is 18.7 Å². The Hall–Kier alpha value is -3.85. The van der Waals surface area contributed by atoms with E-state index in [1.807, 2.05) is 38.1 Å². The van der Waals surface area contributed by atoms with Crippen molar-refractivity contribution in [2.24, 2.45) is 0 Å². The molecule has 8 nitrogen and oxygen atoms in total. The first kappa shape index (κ1) is 30.1. The molecule has 1 saturated carbocycles. The molecule has 0 aliphatic heterocycles. The normalized spacial score (nSPS) is 14.3. The van der Waals surface area contributed by atoms with Gasteiger partial charge < -0.3 is 15.0 Å². The highest BCUT2D eigenvalue weighted by molar-refractivity contribution is 7.92. The van der Waals surface area contributed by atoms with E-state index in [1.165, 1.54) is 24.1 Å². The Morgan fingerprint density at radius 2 is 1.66 bits per heavy atom. The molecule has 2 amide bonds. The van der Waals surface area contributed by atoms with Crippen molar-refractivity contribution in [2.75, 3.05) is 18.0 Å². The fraction of sp³-hybridized carbons (Fsp3) is 0.375. The van der Waals surface area contributed by atoms with Crippen molar-refractivity contribution in [3.63, 3.8) is 0 Å². The Kier molecular flexibility index (Phi) is 9.70. The van der Waals surface area contributed by atoms with Gasteiger partial charge in [0.2, 0.25) is 11.8 Å². The van der Waals surface area contributed by atoms with E-state index >= 15 is 0 Å². The number of nitrogens with zero attached hydrogens (tertiary/aromatic N) is 2. The van der Waals surface area contributed by atoms with Crippen LogP contribution in [0.4, 0.5) is 5.69 Å². The molecule has 218 valence electrons. The minimum Gasteiger partial charge on any atom is -0.497 e.